The molecular weight excluding hydrogens is 398 g/mol. The molecule has 1 aromatic heterocycles. The Balaban J connectivity index is 1.34. The lowest BCUT2D eigenvalue weighted by Gasteiger charge is -2.37. The van der Waals surface area contributed by atoms with Crippen molar-refractivity contribution >= 4 is 11.6 Å². The Morgan fingerprint density at radius 2 is 2.07 bits per heavy atom. The van der Waals surface area contributed by atoms with E-state index < -0.39 is 0 Å². The largest absolute Gasteiger partial charge is 0.491 e. The zero-order chi connectivity index (χ0) is 20.5. The molecule has 0 fully saturated rings. The summed E-state index contributed by atoms with van der Waals surface area (Å²) < 4.78 is 5.81. The molecule has 2 aliphatic rings. The summed E-state index contributed by atoms with van der Waals surface area (Å²) in [6.07, 6.45) is 4.14. The summed E-state index contributed by atoms with van der Waals surface area (Å²) in [4.78, 5) is 10.9. The van der Waals surface area contributed by atoms with Gasteiger partial charge in [0.2, 0.25) is 0 Å². The third-order valence-electron chi connectivity index (χ3n) is 6.27. The smallest absolute Gasteiger partial charge is 0.139 e. The average molecular weight is 424 g/mol. The minimum atomic E-state index is 0.0373. The number of aliphatic hydroxyl groups is 1. The number of aliphatic hydroxyl groups excluding tert-OH is 1. The molecule has 2 N–H and O–H groups in total. The first-order valence-corrected chi connectivity index (χ1v) is 11.0. The fourth-order valence-corrected chi connectivity index (χ4v) is 4.97. The van der Waals surface area contributed by atoms with E-state index in [9.17, 15) is 0 Å². The fourth-order valence-electron chi connectivity index (χ4n) is 4.75. The van der Waals surface area contributed by atoms with Gasteiger partial charge in [-0.1, -0.05) is 35.9 Å². The number of fused-ring (bicyclic) bond motifs is 2. The number of aromatic amines is 1. The molecule has 0 spiro atoms. The van der Waals surface area contributed by atoms with Crippen molar-refractivity contribution in [2.24, 2.45) is 0 Å². The molecule has 1 atom stereocenters. The van der Waals surface area contributed by atoms with Crippen LogP contribution < -0.4 is 4.74 Å². The number of benzene rings is 2. The van der Waals surface area contributed by atoms with Gasteiger partial charge in [0.1, 0.15) is 18.2 Å². The normalized spacial score (nSPS) is 18.7. The molecule has 1 aliphatic carbocycles. The SMILES string of the molecule is OCCOc1cccc2c1CC(N1CCc3nc(-c4ccccc4Cl)[nH]c3C1)CC2. The molecule has 2 heterocycles. The van der Waals surface area contributed by atoms with Crippen molar-refractivity contribution < 1.29 is 9.84 Å². The van der Waals surface area contributed by atoms with Crippen LogP contribution in [-0.2, 0) is 25.8 Å². The number of aromatic nitrogens is 2. The minimum Gasteiger partial charge on any atom is -0.491 e. The van der Waals surface area contributed by atoms with Gasteiger partial charge in [-0.2, -0.15) is 0 Å². The van der Waals surface area contributed by atoms with Gasteiger partial charge >= 0.3 is 0 Å². The van der Waals surface area contributed by atoms with Crippen molar-refractivity contribution in [1.82, 2.24) is 14.9 Å². The van der Waals surface area contributed by atoms with Gasteiger partial charge in [0.05, 0.1) is 23.0 Å². The maximum absolute atomic E-state index is 9.13. The van der Waals surface area contributed by atoms with E-state index in [-0.39, 0.29) is 6.61 Å². The Bertz CT molecular complexity index is 1050. The van der Waals surface area contributed by atoms with Crippen LogP contribution in [0.5, 0.6) is 5.75 Å². The molecule has 156 valence electrons. The second-order valence-electron chi connectivity index (χ2n) is 8.07. The van der Waals surface area contributed by atoms with Crippen molar-refractivity contribution in [2.75, 3.05) is 19.8 Å². The number of hydrogen-bond acceptors (Lipinski definition) is 4. The summed E-state index contributed by atoms with van der Waals surface area (Å²) in [5.74, 6) is 1.78. The second kappa shape index (κ2) is 8.42. The van der Waals surface area contributed by atoms with Gasteiger partial charge < -0.3 is 14.8 Å². The fraction of sp³-hybridized carbons (Fsp3) is 0.375. The summed E-state index contributed by atoms with van der Waals surface area (Å²) in [5.41, 5.74) is 5.99. The van der Waals surface area contributed by atoms with Gasteiger partial charge in [-0.25, -0.2) is 4.98 Å². The Morgan fingerprint density at radius 3 is 2.93 bits per heavy atom. The van der Waals surface area contributed by atoms with E-state index in [2.05, 4.69) is 22.0 Å². The molecule has 5 nitrogen and oxygen atoms in total. The number of rotatable bonds is 5. The predicted molar refractivity (Wildman–Crippen MR) is 118 cm³/mol. The molecule has 6 heteroatoms. The van der Waals surface area contributed by atoms with Crippen LogP contribution in [0.25, 0.3) is 11.4 Å². The monoisotopic (exact) mass is 423 g/mol. The maximum Gasteiger partial charge on any atom is 0.139 e. The minimum absolute atomic E-state index is 0.0373. The van der Waals surface area contributed by atoms with Gasteiger partial charge in [0.25, 0.3) is 0 Å². The lowest BCUT2D eigenvalue weighted by atomic mass is 9.86. The van der Waals surface area contributed by atoms with Crippen LogP contribution in [-0.4, -0.2) is 45.8 Å². The molecular formula is C24H26ClN3O2. The predicted octanol–water partition coefficient (Wildman–Crippen LogP) is 4.02. The third kappa shape index (κ3) is 3.73. The topological polar surface area (TPSA) is 61.4 Å². The number of H-pyrrole nitrogens is 1. The molecule has 0 saturated heterocycles. The number of nitrogens with one attached hydrogen (secondary N) is 1. The number of aryl methyl sites for hydroxylation is 1. The van der Waals surface area contributed by atoms with Crippen LogP contribution in [0.3, 0.4) is 0 Å². The van der Waals surface area contributed by atoms with Crippen molar-refractivity contribution in [3.63, 3.8) is 0 Å². The molecule has 30 heavy (non-hydrogen) atoms. The van der Waals surface area contributed by atoms with E-state index in [1.807, 2.05) is 30.3 Å². The summed E-state index contributed by atoms with van der Waals surface area (Å²) in [6, 6.07) is 14.6. The zero-order valence-electron chi connectivity index (χ0n) is 16.9. The summed E-state index contributed by atoms with van der Waals surface area (Å²) in [7, 11) is 0. The Labute approximate surface area is 181 Å². The highest BCUT2D eigenvalue weighted by Gasteiger charge is 2.30. The maximum atomic E-state index is 9.13. The number of halogens is 1. The lowest BCUT2D eigenvalue weighted by Crippen LogP contribution is -2.42. The summed E-state index contributed by atoms with van der Waals surface area (Å²) in [5, 5.41) is 9.85. The van der Waals surface area contributed by atoms with Crippen LogP contribution >= 0.6 is 11.6 Å². The van der Waals surface area contributed by atoms with Crippen LogP contribution in [0.4, 0.5) is 0 Å². The van der Waals surface area contributed by atoms with Gasteiger partial charge in [-0.3, -0.25) is 4.90 Å². The van der Waals surface area contributed by atoms with Crippen molar-refractivity contribution in [3.05, 3.63) is 70.0 Å². The lowest BCUT2D eigenvalue weighted by molar-refractivity contribution is 0.157. The first-order valence-electron chi connectivity index (χ1n) is 10.6. The zero-order valence-corrected chi connectivity index (χ0v) is 17.7. The van der Waals surface area contributed by atoms with Gasteiger partial charge in [-0.15, -0.1) is 0 Å². The van der Waals surface area contributed by atoms with Crippen molar-refractivity contribution in [2.45, 2.75) is 38.3 Å². The Kier molecular flexibility index (Phi) is 5.50. The number of hydrogen-bond donors (Lipinski definition) is 2. The molecule has 0 saturated carbocycles. The van der Waals surface area contributed by atoms with Gasteiger partial charge in [0, 0.05) is 31.1 Å². The molecule has 3 aromatic rings. The molecule has 0 amide bonds. The third-order valence-corrected chi connectivity index (χ3v) is 6.60. The van der Waals surface area contributed by atoms with E-state index in [4.69, 9.17) is 26.4 Å². The van der Waals surface area contributed by atoms with Crippen molar-refractivity contribution in [3.8, 4) is 17.1 Å². The van der Waals surface area contributed by atoms with E-state index >= 15 is 0 Å². The van der Waals surface area contributed by atoms with Crippen LogP contribution in [0.2, 0.25) is 5.02 Å². The quantitative estimate of drug-likeness (QED) is 0.650. The highest BCUT2D eigenvalue weighted by Crippen LogP contribution is 2.34. The average Bonchev–Trinajstić information content (AvgIpc) is 3.20. The van der Waals surface area contributed by atoms with E-state index in [0.29, 0.717) is 12.6 Å². The highest BCUT2D eigenvalue weighted by molar-refractivity contribution is 6.33. The summed E-state index contributed by atoms with van der Waals surface area (Å²) >= 11 is 6.37. The van der Waals surface area contributed by atoms with Gasteiger partial charge in [-0.05, 0) is 48.6 Å². The highest BCUT2D eigenvalue weighted by atomic mass is 35.5. The standard InChI is InChI=1S/C24H26ClN3O2/c25-20-6-2-1-5-18(20)24-26-21-10-11-28(15-22(21)27-24)17-9-8-16-4-3-7-23(19(16)14-17)30-13-12-29/h1-7,17,29H,8-15H2,(H,26,27). The van der Waals surface area contributed by atoms with Crippen LogP contribution in [0.15, 0.2) is 42.5 Å². The molecule has 1 aliphatic heterocycles. The van der Waals surface area contributed by atoms with Crippen LogP contribution in [0.1, 0.15) is 28.9 Å². The first kappa shape index (κ1) is 19.6. The molecule has 5 rings (SSSR count). The van der Waals surface area contributed by atoms with Crippen LogP contribution in [0, 0.1) is 0 Å². The molecule has 1 unspecified atom stereocenters. The number of nitrogens with zero attached hydrogens (tertiary/aromatic N) is 2. The molecule has 0 bridgehead atoms. The van der Waals surface area contributed by atoms with Gasteiger partial charge in [0.15, 0.2) is 0 Å². The summed E-state index contributed by atoms with van der Waals surface area (Å²) in [6.45, 7) is 2.27. The first-order chi connectivity index (χ1) is 14.7. The van der Waals surface area contributed by atoms with E-state index in [0.717, 1.165) is 66.6 Å². The molecule has 0 radical (unpaired) electrons. The number of ether oxygens (including phenoxy) is 1. The van der Waals surface area contributed by atoms with E-state index in [1.54, 1.807) is 0 Å². The number of imidazole rings is 1. The Hall–Kier alpha value is -2.34. The Morgan fingerprint density at radius 1 is 1.17 bits per heavy atom. The van der Waals surface area contributed by atoms with Crippen molar-refractivity contribution in [1.29, 1.82) is 0 Å². The molecule has 2 aromatic carbocycles. The van der Waals surface area contributed by atoms with E-state index in [1.165, 1.54) is 16.8 Å². The second-order valence-corrected chi connectivity index (χ2v) is 8.48.